The quantitative estimate of drug-likeness (QED) is 0.310. The SMILES string of the molecule is COC(=O)c1onc2c(N(C)C(=O)OC(C)(C)C)cc(Nc3cccn([C@@H]4CCN(C(=O)OC(C)(C)C)C[C@@H]4F)c3=O)nc12. The van der Waals surface area contributed by atoms with Gasteiger partial charge < -0.3 is 33.5 Å². The molecule has 1 aliphatic heterocycles. The molecule has 0 aliphatic carbocycles. The first-order valence-electron chi connectivity index (χ1n) is 13.9. The number of rotatable bonds is 5. The Bertz CT molecular complexity index is 1620. The summed E-state index contributed by atoms with van der Waals surface area (Å²) in [6.45, 7) is 10.3. The number of hydrogen-bond acceptors (Lipinski definition) is 11. The summed E-state index contributed by atoms with van der Waals surface area (Å²) < 4.78 is 37.5. The largest absolute Gasteiger partial charge is 0.463 e. The van der Waals surface area contributed by atoms with Crippen molar-refractivity contribution in [2.24, 2.45) is 0 Å². The predicted octanol–water partition coefficient (Wildman–Crippen LogP) is 4.81. The second-order valence-electron chi connectivity index (χ2n) is 12.3. The fourth-order valence-electron chi connectivity index (χ4n) is 4.59. The monoisotopic (exact) mass is 616 g/mol. The molecular weight excluding hydrogens is 579 g/mol. The molecule has 4 heterocycles. The van der Waals surface area contributed by atoms with Crippen LogP contribution in [0.25, 0.3) is 11.0 Å². The Balaban J connectivity index is 1.66. The van der Waals surface area contributed by atoms with Gasteiger partial charge in [-0.15, -0.1) is 0 Å². The van der Waals surface area contributed by atoms with E-state index in [0.717, 1.165) is 7.11 Å². The average Bonchev–Trinajstić information content (AvgIpc) is 3.35. The number of methoxy groups -OCH3 is 1. The van der Waals surface area contributed by atoms with E-state index in [0.29, 0.717) is 0 Å². The summed E-state index contributed by atoms with van der Waals surface area (Å²) in [5, 5.41) is 6.83. The van der Waals surface area contributed by atoms with Gasteiger partial charge in [0, 0.05) is 25.9 Å². The second kappa shape index (κ2) is 12.1. The number of esters is 1. The van der Waals surface area contributed by atoms with Crippen molar-refractivity contribution in [3.63, 3.8) is 0 Å². The van der Waals surface area contributed by atoms with Crippen LogP contribution in [-0.4, -0.2) is 82.4 Å². The Morgan fingerprint density at radius 2 is 1.80 bits per heavy atom. The third-order valence-corrected chi connectivity index (χ3v) is 6.57. The molecule has 3 aromatic heterocycles. The molecule has 1 N–H and O–H groups in total. The van der Waals surface area contributed by atoms with Gasteiger partial charge in [-0.25, -0.2) is 23.8 Å². The summed E-state index contributed by atoms with van der Waals surface area (Å²) in [7, 11) is 2.61. The Labute approximate surface area is 253 Å². The molecule has 2 atom stereocenters. The summed E-state index contributed by atoms with van der Waals surface area (Å²) in [4.78, 5) is 58.1. The molecule has 1 aliphatic rings. The molecule has 4 rings (SSSR count). The van der Waals surface area contributed by atoms with E-state index in [-0.39, 0.29) is 53.5 Å². The van der Waals surface area contributed by atoms with E-state index in [2.05, 4.69) is 15.5 Å². The average molecular weight is 617 g/mol. The van der Waals surface area contributed by atoms with Crippen LogP contribution in [0, 0.1) is 0 Å². The van der Waals surface area contributed by atoms with Gasteiger partial charge in [0.2, 0.25) is 0 Å². The highest BCUT2D eigenvalue weighted by Crippen LogP contribution is 2.32. The number of carbonyl (C=O) groups is 3. The molecule has 0 spiro atoms. The third-order valence-electron chi connectivity index (χ3n) is 6.57. The highest BCUT2D eigenvalue weighted by Gasteiger charge is 2.35. The third kappa shape index (κ3) is 7.09. The lowest BCUT2D eigenvalue weighted by atomic mass is 10.0. The van der Waals surface area contributed by atoms with E-state index in [4.69, 9.17) is 18.7 Å². The van der Waals surface area contributed by atoms with Crippen molar-refractivity contribution in [1.29, 1.82) is 0 Å². The van der Waals surface area contributed by atoms with Gasteiger partial charge in [-0.2, -0.15) is 0 Å². The number of pyridine rings is 2. The molecule has 0 radical (unpaired) electrons. The Morgan fingerprint density at radius 1 is 1.11 bits per heavy atom. The number of piperidine rings is 1. The molecule has 0 unspecified atom stereocenters. The fraction of sp³-hybridized carbons (Fsp3) is 0.517. The zero-order chi connectivity index (χ0) is 32.6. The Morgan fingerprint density at radius 3 is 2.41 bits per heavy atom. The predicted molar refractivity (Wildman–Crippen MR) is 158 cm³/mol. The van der Waals surface area contributed by atoms with E-state index < -0.39 is 47.1 Å². The van der Waals surface area contributed by atoms with Crippen LogP contribution in [0.15, 0.2) is 33.7 Å². The molecule has 0 bridgehead atoms. The first-order chi connectivity index (χ1) is 20.5. The summed E-state index contributed by atoms with van der Waals surface area (Å²) >= 11 is 0. The van der Waals surface area contributed by atoms with Gasteiger partial charge in [-0.3, -0.25) is 9.69 Å². The summed E-state index contributed by atoms with van der Waals surface area (Å²) in [5.41, 5.74) is -1.81. The molecule has 15 heteroatoms. The van der Waals surface area contributed by atoms with Crippen molar-refractivity contribution in [1.82, 2.24) is 19.6 Å². The molecule has 0 saturated carbocycles. The molecule has 2 amide bonds. The first-order valence-corrected chi connectivity index (χ1v) is 13.9. The molecule has 44 heavy (non-hydrogen) atoms. The van der Waals surface area contributed by atoms with Crippen molar-refractivity contribution in [3.8, 4) is 0 Å². The van der Waals surface area contributed by atoms with Crippen LogP contribution in [-0.2, 0) is 14.2 Å². The van der Waals surface area contributed by atoms with Gasteiger partial charge in [0.1, 0.15) is 34.4 Å². The minimum absolute atomic E-state index is 0.0261. The smallest absolute Gasteiger partial charge is 0.414 e. The Hall–Kier alpha value is -4.69. The Kier molecular flexibility index (Phi) is 8.88. The number of halogens is 1. The van der Waals surface area contributed by atoms with E-state index >= 15 is 4.39 Å². The second-order valence-corrected chi connectivity index (χ2v) is 12.3. The van der Waals surface area contributed by atoms with Crippen molar-refractivity contribution < 1.29 is 37.5 Å². The lowest BCUT2D eigenvalue weighted by Gasteiger charge is -2.36. The summed E-state index contributed by atoms with van der Waals surface area (Å²) in [6, 6.07) is 3.66. The van der Waals surface area contributed by atoms with Crippen LogP contribution in [0.5, 0.6) is 0 Å². The van der Waals surface area contributed by atoms with Crippen LogP contribution in [0.4, 0.5) is 31.2 Å². The lowest BCUT2D eigenvalue weighted by Crippen LogP contribution is -2.48. The lowest BCUT2D eigenvalue weighted by molar-refractivity contribution is 0.00647. The highest BCUT2D eigenvalue weighted by molar-refractivity contribution is 6.06. The van der Waals surface area contributed by atoms with E-state index in [1.807, 2.05) is 0 Å². The van der Waals surface area contributed by atoms with Crippen LogP contribution in [0.1, 0.15) is 64.6 Å². The normalized spacial score (nSPS) is 17.2. The molecule has 14 nitrogen and oxygen atoms in total. The zero-order valence-corrected chi connectivity index (χ0v) is 26.0. The van der Waals surface area contributed by atoms with Gasteiger partial charge in [-0.05, 0) is 60.1 Å². The van der Waals surface area contributed by atoms with E-state index in [1.165, 1.54) is 39.7 Å². The number of anilines is 3. The minimum atomic E-state index is -1.53. The highest BCUT2D eigenvalue weighted by atomic mass is 19.1. The van der Waals surface area contributed by atoms with Gasteiger partial charge >= 0.3 is 18.2 Å². The van der Waals surface area contributed by atoms with Crippen molar-refractivity contribution in [3.05, 3.63) is 40.5 Å². The molecule has 0 aromatic carbocycles. The zero-order valence-electron chi connectivity index (χ0n) is 26.0. The number of fused-ring (bicyclic) bond motifs is 1. The number of aromatic nitrogens is 3. The van der Waals surface area contributed by atoms with E-state index in [1.54, 1.807) is 47.6 Å². The van der Waals surface area contributed by atoms with Gasteiger partial charge in [0.25, 0.3) is 11.3 Å². The van der Waals surface area contributed by atoms with E-state index in [9.17, 15) is 19.2 Å². The number of alkyl halides is 1. The standard InChI is InChI=1S/C29H37FN6O8/c1-28(2,3)42-26(39)34(7)19-14-20(32-22-21(19)33-44-23(22)25(38)41-8)31-17-10-9-12-36(24(17)37)18-11-13-35(15-16(18)30)27(40)43-29(4,5)6/h9-10,12,14,16,18H,11,13,15H2,1-8H3,(H,31,32)/t16-,18+/m0/s1. The number of hydrogen-bond donors (Lipinski definition) is 1. The van der Waals surface area contributed by atoms with Crippen LogP contribution >= 0.6 is 0 Å². The minimum Gasteiger partial charge on any atom is -0.463 e. The number of likely N-dealkylation sites (tertiary alicyclic amines) is 1. The fourth-order valence-corrected chi connectivity index (χ4v) is 4.59. The maximum absolute atomic E-state index is 15.4. The van der Waals surface area contributed by atoms with Crippen LogP contribution in [0.2, 0.25) is 0 Å². The summed E-state index contributed by atoms with van der Waals surface area (Å²) in [5.74, 6) is -1.10. The summed E-state index contributed by atoms with van der Waals surface area (Å²) in [6.07, 6.45) is -1.21. The molecule has 1 saturated heterocycles. The maximum atomic E-state index is 15.4. The number of ether oxygens (including phenoxy) is 3. The first kappa shape index (κ1) is 32.2. The topological polar surface area (TPSA) is 158 Å². The van der Waals surface area contributed by atoms with Gasteiger partial charge in [0.15, 0.2) is 5.52 Å². The van der Waals surface area contributed by atoms with Crippen molar-refractivity contribution >= 4 is 46.4 Å². The number of nitrogens with zero attached hydrogens (tertiary/aromatic N) is 5. The van der Waals surface area contributed by atoms with Gasteiger partial charge in [0.05, 0.1) is 25.4 Å². The van der Waals surface area contributed by atoms with Crippen molar-refractivity contribution in [2.45, 2.75) is 71.4 Å². The molecular formula is C29H37FN6O8. The number of amides is 2. The van der Waals surface area contributed by atoms with Gasteiger partial charge in [-0.1, -0.05) is 5.16 Å². The molecule has 1 fully saturated rings. The maximum Gasteiger partial charge on any atom is 0.414 e. The van der Waals surface area contributed by atoms with Crippen LogP contribution < -0.4 is 15.8 Å². The van der Waals surface area contributed by atoms with Crippen LogP contribution in [0.3, 0.4) is 0 Å². The molecule has 3 aromatic rings. The van der Waals surface area contributed by atoms with Crippen molar-refractivity contribution in [2.75, 3.05) is 37.5 Å². The number of nitrogens with one attached hydrogen (secondary N) is 1. The molecule has 238 valence electrons. The number of carbonyl (C=O) groups excluding carboxylic acids is 3.